The number of hydrogen-bond donors (Lipinski definition) is 0. The van der Waals surface area contributed by atoms with E-state index in [0.29, 0.717) is 5.75 Å². The van der Waals surface area contributed by atoms with Gasteiger partial charge in [0.25, 0.3) is 10.0 Å². The van der Waals surface area contributed by atoms with Gasteiger partial charge in [0.15, 0.2) is 0 Å². The summed E-state index contributed by atoms with van der Waals surface area (Å²) in [7, 11) is -2.64. The van der Waals surface area contributed by atoms with E-state index in [0.717, 1.165) is 9.87 Å². The highest BCUT2D eigenvalue weighted by molar-refractivity contribution is 7.93. The van der Waals surface area contributed by atoms with Gasteiger partial charge in [-0.3, -0.25) is 4.79 Å². The van der Waals surface area contributed by atoms with Crippen molar-refractivity contribution in [2.45, 2.75) is 32.6 Å². The molecule has 0 spiro atoms. The van der Waals surface area contributed by atoms with Gasteiger partial charge in [0.05, 0.1) is 22.7 Å². The number of amides is 1. The topological polar surface area (TPSA) is 63.7 Å². The number of anilines is 1. The maximum Gasteiger partial charge on any atom is 0.270 e. The molecule has 0 fully saturated rings. The first-order valence-electron chi connectivity index (χ1n) is 7.98. The van der Waals surface area contributed by atoms with E-state index in [4.69, 9.17) is 16.3 Å². The van der Waals surface area contributed by atoms with Crippen molar-refractivity contribution >= 4 is 33.2 Å². The lowest BCUT2D eigenvalue weighted by atomic mass is 9.95. The quantitative estimate of drug-likeness (QED) is 0.768. The molecule has 140 valence electrons. The second-order valence-electron chi connectivity index (χ2n) is 6.96. The lowest BCUT2D eigenvalue weighted by molar-refractivity contribution is -0.124. The summed E-state index contributed by atoms with van der Waals surface area (Å²) in [5.41, 5.74) is 0.172. The van der Waals surface area contributed by atoms with Crippen molar-refractivity contribution in [3.05, 3.63) is 53.1 Å². The molecular formula is C19H22ClNO4S. The maximum absolute atomic E-state index is 13.2. The van der Waals surface area contributed by atoms with Crippen LogP contribution in [0.2, 0.25) is 5.02 Å². The molecule has 0 aliphatic carbocycles. The number of ether oxygens (including phenoxy) is 1. The Kier molecular flexibility index (Phi) is 5.68. The lowest BCUT2D eigenvalue weighted by Gasteiger charge is -2.29. The van der Waals surface area contributed by atoms with Crippen LogP contribution >= 0.6 is 11.6 Å². The highest BCUT2D eigenvalue weighted by Crippen LogP contribution is 2.34. The van der Waals surface area contributed by atoms with Crippen LogP contribution < -0.4 is 9.04 Å². The van der Waals surface area contributed by atoms with Crippen molar-refractivity contribution in [2.24, 2.45) is 5.41 Å². The summed E-state index contributed by atoms with van der Waals surface area (Å²) in [6.07, 6.45) is 0. The predicted molar refractivity (Wildman–Crippen MR) is 103 cm³/mol. The molecule has 0 aliphatic heterocycles. The first-order chi connectivity index (χ1) is 12.0. The molecule has 1 amide bonds. The smallest absolute Gasteiger partial charge is 0.270 e. The van der Waals surface area contributed by atoms with Crippen LogP contribution in [0.1, 0.15) is 26.3 Å². The standard InChI is InChI=1S/C19H22ClNO4S/c1-13-6-9-15(10-7-13)26(23,24)21(18(22)19(2,3)4)14-8-11-17(25-5)16(20)12-14/h6-12H,1-5H3. The molecule has 0 aliphatic rings. The summed E-state index contributed by atoms with van der Waals surface area (Å²) in [6.45, 7) is 6.85. The summed E-state index contributed by atoms with van der Waals surface area (Å²) in [4.78, 5) is 13.0. The number of rotatable bonds is 4. The molecule has 0 saturated carbocycles. The second kappa shape index (κ2) is 7.29. The van der Waals surface area contributed by atoms with E-state index >= 15 is 0 Å². The molecule has 2 rings (SSSR count). The van der Waals surface area contributed by atoms with Crippen LogP contribution in [0.15, 0.2) is 47.4 Å². The number of nitrogens with zero attached hydrogens (tertiary/aromatic N) is 1. The molecule has 0 aromatic heterocycles. The van der Waals surface area contributed by atoms with Crippen molar-refractivity contribution < 1.29 is 17.9 Å². The molecule has 0 bridgehead atoms. The van der Waals surface area contributed by atoms with E-state index < -0.39 is 21.3 Å². The van der Waals surface area contributed by atoms with Gasteiger partial charge in [0.2, 0.25) is 5.91 Å². The Balaban J connectivity index is 2.67. The molecule has 5 nitrogen and oxygen atoms in total. The molecule has 2 aromatic carbocycles. The van der Waals surface area contributed by atoms with Crippen molar-refractivity contribution in [2.75, 3.05) is 11.4 Å². The lowest BCUT2D eigenvalue weighted by Crippen LogP contribution is -2.43. The van der Waals surface area contributed by atoms with Crippen LogP contribution in [0.25, 0.3) is 0 Å². The molecule has 0 N–H and O–H groups in total. The number of benzene rings is 2. The Morgan fingerprint density at radius 1 is 1.08 bits per heavy atom. The Morgan fingerprint density at radius 2 is 1.65 bits per heavy atom. The predicted octanol–water partition coefficient (Wildman–Crippen LogP) is 4.43. The van der Waals surface area contributed by atoms with Gasteiger partial charge in [-0.25, -0.2) is 12.7 Å². The average Bonchev–Trinajstić information content (AvgIpc) is 2.54. The minimum absolute atomic E-state index is 0.0349. The van der Waals surface area contributed by atoms with E-state index in [9.17, 15) is 13.2 Å². The fraction of sp³-hybridized carbons (Fsp3) is 0.316. The zero-order valence-corrected chi connectivity index (χ0v) is 17.0. The van der Waals surface area contributed by atoms with Gasteiger partial charge in [0, 0.05) is 5.41 Å². The van der Waals surface area contributed by atoms with Gasteiger partial charge in [0.1, 0.15) is 5.75 Å². The number of carbonyl (C=O) groups is 1. The minimum atomic E-state index is -4.11. The molecule has 0 saturated heterocycles. The number of methoxy groups -OCH3 is 1. The van der Waals surface area contributed by atoms with Gasteiger partial charge in [-0.05, 0) is 37.3 Å². The van der Waals surface area contributed by atoms with Gasteiger partial charge in [-0.1, -0.05) is 50.1 Å². The third-order valence-corrected chi connectivity index (χ3v) is 5.78. The molecule has 26 heavy (non-hydrogen) atoms. The van der Waals surface area contributed by atoms with Crippen molar-refractivity contribution in [1.82, 2.24) is 0 Å². The summed E-state index contributed by atoms with van der Waals surface area (Å²) in [6, 6.07) is 10.8. The minimum Gasteiger partial charge on any atom is -0.495 e. The first kappa shape index (κ1) is 20.3. The van der Waals surface area contributed by atoms with Crippen LogP contribution in [0, 0.1) is 12.3 Å². The van der Waals surface area contributed by atoms with Gasteiger partial charge < -0.3 is 4.74 Å². The summed E-state index contributed by atoms with van der Waals surface area (Å²) >= 11 is 6.15. The van der Waals surface area contributed by atoms with Crippen molar-refractivity contribution in [1.29, 1.82) is 0 Å². The highest BCUT2D eigenvalue weighted by atomic mass is 35.5. The number of hydrogen-bond acceptors (Lipinski definition) is 4. The third kappa shape index (κ3) is 4.02. The summed E-state index contributed by atoms with van der Waals surface area (Å²) < 4.78 is 32.4. The van der Waals surface area contributed by atoms with E-state index in [1.54, 1.807) is 32.9 Å². The average molecular weight is 396 g/mol. The van der Waals surface area contributed by atoms with Crippen molar-refractivity contribution in [3.63, 3.8) is 0 Å². The monoisotopic (exact) mass is 395 g/mol. The highest BCUT2D eigenvalue weighted by Gasteiger charge is 2.37. The summed E-state index contributed by atoms with van der Waals surface area (Å²) in [5.74, 6) is -0.161. The zero-order valence-electron chi connectivity index (χ0n) is 15.4. The Bertz CT molecular complexity index is 916. The molecule has 2 aromatic rings. The zero-order chi connectivity index (χ0) is 19.7. The van der Waals surface area contributed by atoms with E-state index in [1.165, 1.54) is 37.4 Å². The van der Waals surface area contributed by atoms with E-state index in [1.807, 2.05) is 6.92 Å². The van der Waals surface area contributed by atoms with Gasteiger partial charge >= 0.3 is 0 Å². The number of carbonyl (C=O) groups excluding carboxylic acids is 1. The van der Waals surface area contributed by atoms with Gasteiger partial charge in [-0.15, -0.1) is 0 Å². The van der Waals surface area contributed by atoms with Crippen LogP contribution in [0.5, 0.6) is 5.75 Å². The second-order valence-corrected chi connectivity index (χ2v) is 9.15. The Morgan fingerprint density at radius 3 is 2.12 bits per heavy atom. The van der Waals surface area contributed by atoms with Crippen LogP contribution in [0.4, 0.5) is 5.69 Å². The molecule has 0 radical (unpaired) electrons. The van der Waals surface area contributed by atoms with Gasteiger partial charge in [-0.2, -0.15) is 0 Å². The fourth-order valence-corrected chi connectivity index (χ4v) is 4.09. The molecule has 7 heteroatoms. The Labute approximate surface area is 159 Å². The number of aryl methyl sites for hydroxylation is 1. The third-order valence-electron chi connectivity index (χ3n) is 3.76. The Hall–Kier alpha value is -2.05. The van der Waals surface area contributed by atoms with Crippen molar-refractivity contribution in [3.8, 4) is 5.75 Å². The molecule has 0 atom stereocenters. The van der Waals surface area contributed by atoms with Crippen LogP contribution in [-0.2, 0) is 14.8 Å². The maximum atomic E-state index is 13.2. The van der Waals surface area contributed by atoms with E-state index in [2.05, 4.69) is 0 Å². The first-order valence-corrected chi connectivity index (χ1v) is 9.80. The fourth-order valence-electron chi connectivity index (χ4n) is 2.27. The molecule has 0 unspecified atom stereocenters. The normalized spacial score (nSPS) is 11.9. The van der Waals surface area contributed by atoms with E-state index in [-0.39, 0.29) is 15.6 Å². The number of sulfonamides is 1. The largest absolute Gasteiger partial charge is 0.495 e. The summed E-state index contributed by atoms with van der Waals surface area (Å²) in [5, 5.41) is 0.218. The van der Waals surface area contributed by atoms with Crippen LogP contribution in [-0.4, -0.2) is 21.4 Å². The molecular weight excluding hydrogens is 374 g/mol. The van der Waals surface area contributed by atoms with Crippen LogP contribution in [0.3, 0.4) is 0 Å². The number of halogens is 1. The SMILES string of the molecule is COc1ccc(N(C(=O)C(C)(C)C)S(=O)(=O)c2ccc(C)cc2)cc1Cl. The molecule has 0 heterocycles.